The van der Waals surface area contributed by atoms with E-state index in [9.17, 15) is 0 Å². The molecule has 0 saturated carbocycles. The van der Waals surface area contributed by atoms with Gasteiger partial charge in [-0.05, 0) is 26.8 Å². The van der Waals surface area contributed by atoms with E-state index in [4.69, 9.17) is 9.47 Å². The molecule has 0 bridgehead atoms. The fourth-order valence-electron chi connectivity index (χ4n) is 2.61. The summed E-state index contributed by atoms with van der Waals surface area (Å²) in [6.45, 7) is 12.6. The molecule has 1 aliphatic heterocycles. The van der Waals surface area contributed by atoms with Crippen molar-refractivity contribution in [3.63, 3.8) is 0 Å². The third-order valence-electron chi connectivity index (χ3n) is 4.02. The first kappa shape index (κ1) is 24.8. The van der Waals surface area contributed by atoms with Crippen LogP contribution < -0.4 is 10.6 Å². The zero-order valence-electron chi connectivity index (χ0n) is 16.3. The van der Waals surface area contributed by atoms with Crippen molar-refractivity contribution in [2.75, 3.05) is 86.3 Å². The molecule has 1 fully saturated rings. The summed E-state index contributed by atoms with van der Waals surface area (Å²) < 4.78 is 10.5. The van der Waals surface area contributed by atoms with Gasteiger partial charge < -0.3 is 25.0 Å². The maximum absolute atomic E-state index is 5.37. The number of morpholine rings is 1. The number of methoxy groups -OCH3 is 1. The molecule has 8 heteroatoms. The topological polar surface area (TPSA) is 61.4 Å². The second-order valence-electron chi connectivity index (χ2n) is 6.14. The second kappa shape index (κ2) is 17.3. The predicted octanol–water partition coefficient (Wildman–Crippen LogP) is 0.850. The fraction of sp³-hybridized carbons (Fsp3) is 0.941. The Morgan fingerprint density at radius 2 is 1.96 bits per heavy atom. The van der Waals surface area contributed by atoms with Crippen LogP contribution in [0.2, 0.25) is 0 Å². The minimum Gasteiger partial charge on any atom is -0.385 e. The van der Waals surface area contributed by atoms with Gasteiger partial charge >= 0.3 is 0 Å². The predicted molar refractivity (Wildman–Crippen MR) is 115 cm³/mol. The van der Waals surface area contributed by atoms with Crippen molar-refractivity contribution in [1.82, 2.24) is 20.4 Å². The first-order valence-electron chi connectivity index (χ1n) is 9.26. The van der Waals surface area contributed by atoms with Crippen LogP contribution in [0.25, 0.3) is 0 Å². The van der Waals surface area contributed by atoms with Crippen LogP contribution in [0.3, 0.4) is 0 Å². The number of guanidine groups is 1. The van der Waals surface area contributed by atoms with E-state index in [0.717, 1.165) is 91.0 Å². The summed E-state index contributed by atoms with van der Waals surface area (Å²) >= 11 is 0. The number of rotatable bonds is 12. The summed E-state index contributed by atoms with van der Waals surface area (Å²) in [4.78, 5) is 9.43. The maximum Gasteiger partial charge on any atom is 0.191 e. The molecule has 0 spiro atoms. The first-order chi connectivity index (χ1) is 11.8. The number of halogens is 1. The summed E-state index contributed by atoms with van der Waals surface area (Å²) in [7, 11) is 3.89. The summed E-state index contributed by atoms with van der Waals surface area (Å²) in [6, 6.07) is 0. The zero-order chi connectivity index (χ0) is 17.5. The molecule has 0 aromatic heterocycles. The van der Waals surface area contributed by atoms with Crippen LogP contribution in [0.5, 0.6) is 0 Å². The Bertz CT molecular complexity index is 328. The Hall–Kier alpha value is -0.160. The van der Waals surface area contributed by atoms with Gasteiger partial charge in [0.15, 0.2) is 5.96 Å². The van der Waals surface area contributed by atoms with Crippen LogP contribution in [0.1, 0.15) is 19.8 Å². The Balaban J connectivity index is 0.00000576. The van der Waals surface area contributed by atoms with Gasteiger partial charge in [-0.15, -0.1) is 24.0 Å². The average Bonchev–Trinajstić information content (AvgIpc) is 2.60. The highest BCUT2D eigenvalue weighted by atomic mass is 127. The largest absolute Gasteiger partial charge is 0.385 e. The Morgan fingerprint density at radius 3 is 2.64 bits per heavy atom. The van der Waals surface area contributed by atoms with Crippen molar-refractivity contribution in [1.29, 1.82) is 0 Å². The molecule has 1 aliphatic rings. The molecule has 150 valence electrons. The van der Waals surface area contributed by atoms with Gasteiger partial charge in [-0.3, -0.25) is 9.89 Å². The zero-order valence-corrected chi connectivity index (χ0v) is 18.6. The molecule has 0 amide bonds. The van der Waals surface area contributed by atoms with Crippen LogP contribution in [0, 0.1) is 0 Å². The third-order valence-corrected chi connectivity index (χ3v) is 4.02. The molecule has 0 aliphatic carbocycles. The molecule has 7 nitrogen and oxygen atoms in total. The molecule has 1 rings (SSSR count). The summed E-state index contributed by atoms with van der Waals surface area (Å²) in [6.07, 6.45) is 2.16. The Morgan fingerprint density at radius 1 is 1.20 bits per heavy atom. The molecule has 0 atom stereocenters. The van der Waals surface area contributed by atoms with Crippen molar-refractivity contribution >= 4 is 29.9 Å². The Kier molecular flexibility index (Phi) is 17.2. The monoisotopic (exact) mass is 471 g/mol. The highest BCUT2D eigenvalue weighted by Crippen LogP contribution is 1.98. The number of ether oxygens (including phenoxy) is 2. The highest BCUT2D eigenvalue weighted by molar-refractivity contribution is 14.0. The highest BCUT2D eigenvalue weighted by Gasteiger charge is 2.09. The van der Waals surface area contributed by atoms with Crippen LogP contribution in [-0.4, -0.2) is 102 Å². The number of likely N-dealkylation sites (N-methyl/N-ethyl adjacent to an activating group) is 1. The Labute approximate surface area is 170 Å². The molecule has 0 unspecified atom stereocenters. The summed E-state index contributed by atoms with van der Waals surface area (Å²) in [5.74, 6) is 0.921. The van der Waals surface area contributed by atoms with E-state index in [0.29, 0.717) is 0 Å². The van der Waals surface area contributed by atoms with E-state index >= 15 is 0 Å². The van der Waals surface area contributed by atoms with Crippen molar-refractivity contribution in [2.45, 2.75) is 19.8 Å². The molecule has 0 aromatic carbocycles. The lowest BCUT2D eigenvalue weighted by atomic mass is 10.3. The second-order valence-corrected chi connectivity index (χ2v) is 6.14. The molecule has 2 N–H and O–H groups in total. The number of nitrogens with one attached hydrogen (secondary N) is 2. The van der Waals surface area contributed by atoms with E-state index in [1.165, 1.54) is 0 Å². The van der Waals surface area contributed by atoms with Gasteiger partial charge in [0.25, 0.3) is 0 Å². The van der Waals surface area contributed by atoms with E-state index in [1.807, 2.05) is 0 Å². The normalized spacial score (nSPS) is 15.9. The number of hydrogen-bond acceptors (Lipinski definition) is 5. The minimum absolute atomic E-state index is 0. The molecule has 1 saturated heterocycles. The van der Waals surface area contributed by atoms with Gasteiger partial charge in [0, 0.05) is 66.1 Å². The van der Waals surface area contributed by atoms with Crippen LogP contribution in [0.15, 0.2) is 4.99 Å². The number of hydrogen-bond donors (Lipinski definition) is 2. The van der Waals surface area contributed by atoms with Gasteiger partial charge in [0.05, 0.1) is 13.2 Å². The molecular weight excluding hydrogens is 433 g/mol. The SMILES string of the molecule is CCNC(=NCCCN1CCOCC1)NCCN(C)CCCOC.I. The van der Waals surface area contributed by atoms with Crippen molar-refractivity contribution in [3.8, 4) is 0 Å². The van der Waals surface area contributed by atoms with Gasteiger partial charge in [-0.25, -0.2) is 0 Å². The maximum atomic E-state index is 5.37. The van der Waals surface area contributed by atoms with E-state index < -0.39 is 0 Å². The van der Waals surface area contributed by atoms with Crippen LogP contribution in [0.4, 0.5) is 0 Å². The van der Waals surface area contributed by atoms with Gasteiger partial charge in [0.1, 0.15) is 0 Å². The standard InChI is InChI=1S/C17H37N5O2.HI/c1-4-18-17(20-8-11-21(2)9-6-14-23-3)19-7-5-10-22-12-15-24-16-13-22;/h4-16H2,1-3H3,(H2,18,19,20);1H. The van der Waals surface area contributed by atoms with Crippen molar-refractivity contribution < 1.29 is 9.47 Å². The quantitative estimate of drug-likeness (QED) is 0.191. The number of aliphatic imine (C=N–C) groups is 1. The molecule has 25 heavy (non-hydrogen) atoms. The summed E-state index contributed by atoms with van der Waals surface area (Å²) in [5, 5.41) is 6.73. The van der Waals surface area contributed by atoms with Crippen LogP contribution >= 0.6 is 24.0 Å². The smallest absolute Gasteiger partial charge is 0.191 e. The van der Waals surface area contributed by atoms with E-state index in [2.05, 4.69) is 39.4 Å². The van der Waals surface area contributed by atoms with Crippen LogP contribution in [-0.2, 0) is 9.47 Å². The lowest BCUT2D eigenvalue weighted by molar-refractivity contribution is 0.0377. The molecular formula is C17H38IN5O2. The lowest BCUT2D eigenvalue weighted by Crippen LogP contribution is -2.41. The fourth-order valence-corrected chi connectivity index (χ4v) is 2.61. The molecule has 1 heterocycles. The number of nitrogens with zero attached hydrogens (tertiary/aromatic N) is 3. The van der Waals surface area contributed by atoms with Gasteiger partial charge in [0.2, 0.25) is 0 Å². The van der Waals surface area contributed by atoms with Gasteiger partial charge in [-0.1, -0.05) is 0 Å². The lowest BCUT2D eigenvalue weighted by Gasteiger charge is -2.26. The summed E-state index contributed by atoms with van der Waals surface area (Å²) in [5.41, 5.74) is 0. The van der Waals surface area contributed by atoms with E-state index in [-0.39, 0.29) is 24.0 Å². The van der Waals surface area contributed by atoms with Crippen molar-refractivity contribution in [2.24, 2.45) is 4.99 Å². The van der Waals surface area contributed by atoms with Crippen molar-refractivity contribution in [3.05, 3.63) is 0 Å². The minimum atomic E-state index is 0. The first-order valence-corrected chi connectivity index (χ1v) is 9.26. The average molecular weight is 471 g/mol. The molecule has 0 radical (unpaired) electrons. The molecule has 0 aromatic rings. The van der Waals surface area contributed by atoms with E-state index in [1.54, 1.807) is 7.11 Å². The third kappa shape index (κ3) is 13.7. The van der Waals surface area contributed by atoms with Gasteiger partial charge in [-0.2, -0.15) is 0 Å².